The molecule has 56 heavy (non-hydrogen) atoms. The Kier molecular flexibility index (Phi) is 35.9. The monoisotopic (exact) mass is 805 g/mol. The zero-order valence-corrected chi connectivity index (χ0v) is 36.7. The number of esters is 2. The van der Waals surface area contributed by atoms with Crippen molar-refractivity contribution in [2.75, 3.05) is 47.5 Å². The van der Waals surface area contributed by atoms with Gasteiger partial charge in [-0.3, -0.25) is 18.6 Å². The molecule has 0 bridgehead atoms. The lowest BCUT2D eigenvalue weighted by Gasteiger charge is -2.24. The van der Waals surface area contributed by atoms with Crippen molar-refractivity contribution in [1.82, 2.24) is 0 Å². The van der Waals surface area contributed by atoms with Crippen LogP contribution in [-0.4, -0.2) is 74.9 Å². The first-order valence-electron chi connectivity index (χ1n) is 21.3. The van der Waals surface area contributed by atoms with Crippen LogP contribution in [0.4, 0.5) is 0 Å². The summed E-state index contributed by atoms with van der Waals surface area (Å²) in [5.74, 6) is -0.890. The zero-order chi connectivity index (χ0) is 41.4. The molecular weight excluding hydrogens is 725 g/mol. The molecule has 0 radical (unpaired) electrons. The third kappa shape index (κ3) is 40.8. The largest absolute Gasteiger partial charge is 0.472 e. The number of nitrogens with zero attached hydrogens (tertiary/aromatic N) is 1. The Morgan fingerprint density at radius 1 is 0.554 bits per heavy atom. The minimum atomic E-state index is -4.40. The highest BCUT2D eigenvalue weighted by Gasteiger charge is 2.27. The number of quaternary nitrogens is 1. The van der Waals surface area contributed by atoms with E-state index in [0.717, 1.165) is 77.0 Å². The molecule has 0 saturated heterocycles. The van der Waals surface area contributed by atoms with E-state index in [9.17, 15) is 19.0 Å². The molecule has 0 fully saturated rings. The molecule has 0 saturated carbocycles. The number of ether oxygens (including phenoxy) is 2. The molecule has 0 spiro atoms. The number of hydrogen-bond donors (Lipinski definition) is 1. The predicted octanol–water partition coefficient (Wildman–Crippen LogP) is 12.0. The first-order chi connectivity index (χ1) is 27.0. The van der Waals surface area contributed by atoms with Gasteiger partial charge in [0.2, 0.25) is 0 Å². The molecule has 0 rings (SSSR count). The van der Waals surface area contributed by atoms with E-state index in [4.69, 9.17) is 18.5 Å². The van der Waals surface area contributed by atoms with Crippen molar-refractivity contribution in [1.29, 1.82) is 0 Å². The summed E-state index contributed by atoms with van der Waals surface area (Å²) in [6.45, 7) is 4.21. The van der Waals surface area contributed by atoms with E-state index in [2.05, 4.69) is 98.9 Å². The van der Waals surface area contributed by atoms with E-state index < -0.39 is 32.5 Å². The van der Waals surface area contributed by atoms with E-state index in [1.807, 2.05) is 21.1 Å². The van der Waals surface area contributed by atoms with Crippen LogP contribution in [0.25, 0.3) is 0 Å². The normalized spacial score (nSPS) is 14.5. The summed E-state index contributed by atoms with van der Waals surface area (Å²) in [6.07, 6.45) is 47.7. The number of likely N-dealkylation sites (N-methyl/N-ethyl adjacent to an activating group) is 1. The number of allylic oxidation sites excluding steroid dienone is 14. The van der Waals surface area contributed by atoms with E-state index >= 15 is 0 Å². The van der Waals surface area contributed by atoms with Gasteiger partial charge >= 0.3 is 19.8 Å². The van der Waals surface area contributed by atoms with Crippen LogP contribution in [0, 0.1) is 0 Å². The number of carbonyl (C=O) groups excluding carboxylic acids is 2. The summed E-state index contributed by atoms with van der Waals surface area (Å²) >= 11 is 0. The predicted molar refractivity (Wildman–Crippen MR) is 233 cm³/mol. The molecule has 0 aliphatic heterocycles. The molecule has 0 heterocycles. The Balaban J connectivity index is 4.53. The average Bonchev–Trinajstić information content (AvgIpc) is 3.15. The molecule has 1 unspecified atom stereocenters. The molecule has 9 nitrogen and oxygen atoms in total. The van der Waals surface area contributed by atoms with Gasteiger partial charge in [-0.15, -0.1) is 0 Å². The van der Waals surface area contributed by atoms with Gasteiger partial charge in [-0.05, 0) is 89.9 Å². The first kappa shape index (κ1) is 53.2. The van der Waals surface area contributed by atoms with Crippen LogP contribution < -0.4 is 0 Å². The Morgan fingerprint density at radius 3 is 1.50 bits per heavy atom. The van der Waals surface area contributed by atoms with Gasteiger partial charge in [0.15, 0.2) is 6.10 Å². The number of rotatable bonds is 37. The van der Waals surface area contributed by atoms with Gasteiger partial charge in [-0.1, -0.05) is 125 Å². The Morgan fingerprint density at radius 2 is 1.00 bits per heavy atom. The third-order valence-electron chi connectivity index (χ3n) is 8.38. The summed E-state index contributed by atoms with van der Waals surface area (Å²) in [6, 6.07) is 0. The van der Waals surface area contributed by atoms with Crippen LogP contribution in [0.1, 0.15) is 142 Å². The maximum absolute atomic E-state index is 12.7. The maximum Gasteiger partial charge on any atom is 0.472 e. The standard InChI is InChI=1S/C46H78NO8P/c1-6-8-10-12-14-16-18-20-22-23-25-27-29-31-33-35-37-39-46(49)55-44(43-54-56(50,51)53-41-40-47(3,4)5)42-52-45(48)38-36-34-32-30-28-26-24-21-19-17-15-13-11-9-7-2/h10,12,15-18,21-24,27-30,44H,6-9,11,13-14,19-20,25-26,31-43H2,1-5H3/p+1/b12-10+,17-15+,18-16+,23-22+,24-21+,29-27+,30-28+/t44-/m1/s1. The highest BCUT2D eigenvalue weighted by atomic mass is 31.2. The quantitative estimate of drug-likeness (QED) is 0.0217. The summed E-state index contributed by atoms with van der Waals surface area (Å²) in [5.41, 5.74) is 0. The van der Waals surface area contributed by atoms with Gasteiger partial charge in [0.1, 0.15) is 19.8 Å². The Hall–Kier alpha value is -2.81. The van der Waals surface area contributed by atoms with Gasteiger partial charge in [0.25, 0.3) is 0 Å². The van der Waals surface area contributed by atoms with Crippen LogP contribution in [0.5, 0.6) is 0 Å². The molecule has 1 N–H and O–H groups in total. The van der Waals surface area contributed by atoms with Crippen LogP contribution in [0.2, 0.25) is 0 Å². The molecule has 0 amide bonds. The molecule has 320 valence electrons. The summed E-state index contributed by atoms with van der Waals surface area (Å²) in [7, 11) is 1.42. The lowest BCUT2D eigenvalue weighted by atomic mass is 10.1. The molecule has 0 aliphatic carbocycles. The summed E-state index contributed by atoms with van der Waals surface area (Å²) in [4.78, 5) is 35.3. The minimum Gasteiger partial charge on any atom is -0.462 e. The number of phosphoric acid groups is 1. The van der Waals surface area contributed by atoms with Crippen molar-refractivity contribution >= 4 is 19.8 Å². The van der Waals surface area contributed by atoms with Crippen LogP contribution in [0.15, 0.2) is 85.1 Å². The van der Waals surface area contributed by atoms with E-state index in [1.54, 1.807) is 0 Å². The molecule has 0 aliphatic rings. The highest BCUT2D eigenvalue weighted by molar-refractivity contribution is 7.47. The van der Waals surface area contributed by atoms with Gasteiger partial charge < -0.3 is 18.9 Å². The fraction of sp³-hybridized carbons (Fsp3) is 0.652. The van der Waals surface area contributed by atoms with Gasteiger partial charge in [0, 0.05) is 12.8 Å². The maximum atomic E-state index is 12.7. The van der Waals surface area contributed by atoms with E-state index in [-0.39, 0.29) is 26.1 Å². The SMILES string of the molecule is CCC/C=C/C/C=C/C/C=C/C/C=C/CCCCCC(=O)O[C@H](COC(=O)CCCC/C=C/C/C=C/C/C=C/CCCCC)COP(=O)(O)OCC[N+](C)(C)C. The lowest BCUT2D eigenvalue weighted by Crippen LogP contribution is -2.37. The number of hydrogen-bond acceptors (Lipinski definition) is 7. The van der Waals surface area contributed by atoms with Gasteiger partial charge in [-0.2, -0.15) is 0 Å². The second kappa shape index (κ2) is 37.7. The van der Waals surface area contributed by atoms with Crippen LogP contribution in [0.3, 0.4) is 0 Å². The first-order valence-corrected chi connectivity index (χ1v) is 22.8. The fourth-order valence-corrected chi connectivity index (χ4v) is 5.75. The van der Waals surface area contributed by atoms with Crippen molar-refractivity contribution < 1.29 is 42.1 Å². The minimum absolute atomic E-state index is 0.0143. The van der Waals surface area contributed by atoms with Crippen molar-refractivity contribution in [2.24, 2.45) is 0 Å². The number of carbonyl (C=O) groups is 2. The summed E-state index contributed by atoms with van der Waals surface area (Å²) < 4.78 is 34.2. The second-order valence-corrected chi connectivity index (χ2v) is 16.5. The molecular formula is C46H79NO8P+. The molecule has 0 aromatic heterocycles. The van der Waals surface area contributed by atoms with Crippen molar-refractivity contribution in [3.8, 4) is 0 Å². The third-order valence-corrected chi connectivity index (χ3v) is 9.36. The smallest absolute Gasteiger partial charge is 0.462 e. The molecule has 0 aromatic carbocycles. The molecule has 2 atom stereocenters. The van der Waals surface area contributed by atoms with Crippen molar-refractivity contribution in [2.45, 2.75) is 148 Å². The molecule has 10 heteroatoms. The van der Waals surface area contributed by atoms with Gasteiger partial charge in [-0.25, -0.2) is 4.57 Å². The van der Waals surface area contributed by atoms with Crippen LogP contribution in [-0.2, 0) is 32.7 Å². The summed E-state index contributed by atoms with van der Waals surface area (Å²) in [5, 5.41) is 0. The van der Waals surface area contributed by atoms with Crippen molar-refractivity contribution in [3.05, 3.63) is 85.1 Å². The number of phosphoric ester groups is 1. The van der Waals surface area contributed by atoms with Crippen LogP contribution >= 0.6 is 7.82 Å². The zero-order valence-electron chi connectivity index (χ0n) is 35.8. The van der Waals surface area contributed by atoms with E-state index in [1.165, 1.54) is 25.7 Å². The lowest BCUT2D eigenvalue weighted by molar-refractivity contribution is -0.870. The Bertz CT molecular complexity index is 1230. The van der Waals surface area contributed by atoms with Crippen molar-refractivity contribution in [3.63, 3.8) is 0 Å². The second-order valence-electron chi connectivity index (χ2n) is 15.0. The van der Waals surface area contributed by atoms with Gasteiger partial charge in [0.05, 0.1) is 27.7 Å². The highest BCUT2D eigenvalue weighted by Crippen LogP contribution is 2.43. The topological polar surface area (TPSA) is 108 Å². The average molecular weight is 805 g/mol. The molecule has 0 aromatic rings. The Labute approximate surface area is 341 Å². The fourth-order valence-electron chi connectivity index (χ4n) is 5.01. The van der Waals surface area contributed by atoms with E-state index in [0.29, 0.717) is 23.9 Å². The number of unbranched alkanes of at least 4 members (excludes halogenated alkanes) is 9.